The van der Waals surface area contributed by atoms with Crippen molar-refractivity contribution in [1.82, 2.24) is 14.8 Å². The zero-order valence-electron chi connectivity index (χ0n) is 11.1. The van der Waals surface area contributed by atoms with E-state index in [4.69, 9.17) is 5.11 Å². The van der Waals surface area contributed by atoms with Crippen LogP contribution >= 0.6 is 0 Å². The molecule has 1 heterocycles. The van der Waals surface area contributed by atoms with Gasteiger partial charge in [0.15, 0.2) is 0 Å². The van der Waals surface area contributed by atoms with Gasteiger partial charge in [-0.25, -0.2) is 9.89 Å². The van der Waals surface area contributed by atoms with Crippen LogP contribution in [0.4, 0.5) is 0 Å². The molecule has 1 fully saturated rings. The van der Waals surface area contributed by atoms with Crippen LogP contribution in [0.3, 0.4) is 0 Å². The lowest BCUT2D eigenvalue weighted by molar-refractivity contribution is 0.252. The van der Waals surface area contributed by atoms with E-state index in [1.165, 1.54) is 32.1 Å². The summed E-state index contributed by atoms with van der Waals surface area (Å²) in [6.07, 6.45) is 7.59. The lowest BCUT2D eigenvalue weighted by Crippen LogP contribution is -2.28. The minimum Gasteiger partial charge on any atom is -0.396 e. The molecule has 0 bridgehead atoms. The van der Waals surface area contributed by atoms with E-state index in [0.717, 1.165) is 5.82 Å². The minimum atomic E-state index is -0.110. The molecule has 1 aromatic rings. The van der Waals surface area contributed by atoms with Gasteiger partial charge in [0, 0.05) is 19.1 Å². The average Bonchev–Trinajstić information content (AvgIpc) is 2.77. The van der Waals surface area contributed by atoms with Gasteiger partial charge in [-0.15, -0.1) is 0 Å². The fourth-order valence-corrected chi connectivity index (χ4v) is 3.00. The van der Waals surface area contributed by atoms with E-state index in [-0.39, 0.29) is 18.3 Å². The van der Waals surface area contributed by atoms with Crippen LogP contribution < -0.4 is 5.69 Å². The number of H-pyrrole nitrogens is 1. The Morgan fingerprint density at radius 3 is 2.83 bits per heavy atom. The second-order valence-corrected chi connectivity index (χ2v) is 5.28. The van der Waals surface area contributed by atoms with Gasteiger partial charge in [0.2, 0.25) is 0 Å². The first-order valence-electron chi connectivity index (χ1n) is 7.00. The summed E-state index contributed by atoms with van der Waals surface area (Å²) in [7, 11) is 0. The molecule has 2 rings (SSSR count). The summed E-state index contributed by atoms with van der Waals surface area (Å²) < 4.78 is 1.80. The summed E-state index contributed by atoms with van der Waals surface area (Å²) in [6.45, 7) is 2.26. The fourth-order valence-electron chi connectivity index (χ4n) is 3.00. The van der Waals surface area contributed by atoms with E-state index in [0.29, 0.717) is 18.8 Å². The number of nitrogens with one attached hydrogen (secondary N) is 1. The Balaban J connectivity index is 2.14. The molecule has 1 aliphatic carbocycles. The molecule has 0 unspecified atom stereocenters. The SMILES string of the molecule is C[C@@H](C1CCCCC1)n1c(CCCO)n[nH]c1=O. The monoisotopic (exact) mass is 253 g/mol. The number of aliphatic hydroxyl groups is 1. The Labute approximate surface area is 107 Å². The molecular formula is C13H23N3O2. The van der Waals surface area contributed by atoms with Crippen LogP contribution in [0.25, 0.3) is 0 Å². The summed E-state index contributed by atoms with van der Waals surface area (Å²) >= 11 is 0. The highest BCUT2D eigenvalue weighted by Crippen LogP contribution is 2.32. The third-order valence-electron chi connectivity index (χ3n) is 4.08. The zero-order chi connectivity index (χ0) is 13.0. The van der Waals surface area contributed by atoms with Crippen molar-refractivity contribution in [3.05, 3.63) is 16.3 Å². The summed E-state index contributed by atoms with van der Waals surface area (Å²) in [5.41, 5.74) is -0.110. The van der Waals surface area contributed by atoms with E-state index >= 15 is 0 Å². The third kappa shape index (κ3) is 2.83. The molecule has 18 heavy (non-hydrogen) atoms. The molecule has 0 spiro atoms. The van der Waals surface area contributed by atoms with E-state index in [1.54, 1.807) is 4.57 Å². The van der Waals surface area contributed by atoms with Crippen LogP contribution in [0, 0.1) is 5.92 Å². The number of aryl methyl sites for hydroxylation is 1. The van der Waals surface area contributed by atoms with E-state index in [1.807, 2.05) is 0 Å². The Morgan fingerprint density at radius 2 is 2.17 bits per heavy atom. The number of aromatic nitrogens is 3. The van der Waals surface area contributed by atoms with Gasteiger partial charge in [-0.1, -0.05) is 19.3 Å². The number of rotatable bonds is 5. The van der Waals surface area contributed by atoms with Gasteiger partial charge in [-0.3, -0.25) is 4.57 Å². The van der Waals surface area contributed by atoms with Gasteiger partial charge in [0.25, 0.3) is 0 Å². The van der Waals surface area contributed by atoms with Crippen LogP contribution in [0.2, 0.25) is 0 Å². The van der Waals surface area contributed by atoms with Crippen molar-refractivity contribution in [1.29, 1.82) is 0 Å². The second-order valence-electron chi connectivity index (χ2n) is 5.28. The molecule has 0 saturated heterocycles. The molecule has 0 amide bonds. The van der Waals surface area contributed by atoms with Crippen molar-refractivity contribution in [3.8, 4) is 0 Å². The first-order chi connectivity index (χ1) is 8.74. The van der Waals surface area contributed by atoms with Crippen LogP contribution in [-0.2, 0) is 6.42 Å². The molecule has 102 valence electrons. The Bertz CT molecular complexity index is 418. The van der Waals surface area contributed by atoms with Crippen molar-refractivity contribution < 1.29 is 5.11 Å². The van der Waals surface area contributed by atoms with Crippen LogP contribution in [0.5, 0.6) is 0 Å². The van der Waals surface area contributed by atoms with E-state index in [2.05, 4.69) is 17.1 Å². The largest absolute Gasteiger partial charge is 0.396 e. The van der Waals surface area contributed by atoms with Gasteiger partial charge in [-0.05, 0) is 32.1 Å². The Hall–Kier alpha value is -1.10. The van der Waals surface area contributed by atoms with Crippen LogP contribution in [0.1, 0.15) is 57.3 Å². The first-order valence-corrected chi connectivity index (χ1v) is 7.00. The molecule has 0 aromatic carbocycles. The predicted molar refractivity (Wildman–Crippen MR) is 69.5 cm³/mol. The highest BCUT2D eigenvalue weighted by atomic mass is 16.3. The summed E-state index contributed by atoms with van der Waals surface area (Å²) in [5, 5.41) is 15.5. The number of aromatic amines is 1. The van der Waals surface area contributed by atoms with Gasteiger partial charge in [-0.2, -0.15) is 5.10 Å². The summed E-state index contributed by atoms with van der Waals surface area (Å²) in [5.74, 6) is 1.37. The smallest absolute Gasteiger partial charge is 0.343 e. The third-order valence-corrected chi connectivity index (χ3v) is 4.08. The zero-order valence-corrected chi connectivity index (χ0v) is 11.1. The normalized spacial score (nSPS) is 19.0. The average molecular weight is 253 g/mol. The molecule has 1 aliphatic rings. The summed E-state index contributed by atoms with van der Waals surface area (Å²) in [6, 6.07) is 0.213. The maximum absolute atomic E-state index is 11.9. The summed E-state index contributed by atoms with van der Waals surface area (Å²) in [4.78, 5) is 11.9. The maximum Gasteiger partial charge on any atom is 0.343 e. The highest BCUT2D eigenvalue weighted by molar-refractivity contribution is 4.91. The predicted octanol–water partition coefficient (Wildman–Crippen LogP) is 1.64. The Kier molecular flexibility index (Phi) is 4.58. The van der Waals surface area contributed by atoms with Crippen molar-refractivity contribution in [2.75, 3.05) is 6.61 Å². The molecule has 0 radical (unpaired) electrons. The van der Waals surface area contributed by atoms with Crippen molar-refractivity contribution in [3.63, 3.8) is 0 Å². The van der Waals surface area contributed by atoms with Crippen molar-refractivity contribution in [2.24, 2.45) is 5.92 Å². The second kappa shape index (κ2) is 6.18. The number of nitrogens with zero attached hydrogens (tertiary/aromatic N) is 2. The number of hydrogen-bond acceptors (Lipinski definition) is 3. The van der Waals surface area contributed by atoms with E-state index < -0.39 is 0 Å². The van der Waals surface area contributed by atoms with Crippen molar-refractivity contribution in [2.45, 2.75) is 57.9 Å². The lowest BCUT2D eigenvalue weighted by Gasteiger charge is -2.28. The van der Waals surface area contributed by atoms with Gasteiger partial charge >= 0.3 is 5.69 Å². The quantitative estimate of drug-likeness (QED) is 0.838. The maximum atomic E-state index is 11.9. The first kappa shape index (κ1) is 13.3. The molecular weight excluding hydrogens is 230 g/mol. The van der Waals surface area contributed by atoms with Crippen LogP contribution in [0.15, 0.2) is 4.79 Å². The Morgan fingerprint density at radius 1 is 1.44 bits per heavy atom. The molecule has 5 heteroatoms. The highest BCUT2D eigenvalue weighted by Gasteiger charge is 2.24. The van der Waals surface area contributed by atoms with Gasteiger partial charge in [0.1, 0.15) is 5.82 Å². The van der Waals surface area contributed by atoms with Crippen molar-refractivity contribution >= 4 is 0 Å². The molecule has 0 aliphatic heterocycles. The molecule has 1 saturated carbocycles. The number of aliphatic hydroxyl groups excluding tert-OH is 1. The fraction of sp³-hybridized carbons (Fsp3) is 0.846. The molecule has 5 nitrogen and oxygen atoms in total. The molecule has 1 aromatic heterocycles. The molecule has 2 N–H and O–H groups in total. The molecule has 1 atom stereocenters. The topological polar surface area (TPSA) is 70.9 Å². The van der Waals surface area contributed by atoms with Gasteiger partial charge < -0.3 is 5.11 Å². The van der Waals surface area contributed by atoms with Gasteiger partial charge in [0.05, 0.1) is 0 Å². The standard InChI is InChI=1S/C13H23N3O2/c1-10(11-6-3-2-4-7-11)16-12(8-5-9-17)14-15-13(16)18/h10-11,17H,2-9H2,1H3,(H,15,18)/t10-/m0/s1. The lowest BCUT2D eigenvalue weighted by atomic mass is 9.84. The van der Waals surface area contributed by atoms with E-state index in [9.17, 15) is 4.79 Å². The number of hydrogen-bond donors (Lipinski definition) is 2. The minimum absolute atomic E-state index is 0.110. The van der Waals surface area contributed by atoms with Crippen LogP contribution in [-0.4, -0.2) is 26.5 Å².